The van der Waals surface area contributed by atoms with Gasteiger partial charge in [-0.15, -0.1) is 0 Å². The quantitative estimate of drug-likeness (QED) is 0.590. The number of amides is 3. The van der Waals surface area contributed by atoms with Crippen LogP contribution in [-0.4, -0.2) is 74.8 Å². The minimum absolute atomic E-state index is 0.0790. The van der Waals surface area contributed by atoms with Gasteiger partial charge in [-0.05, 0) is 37.5 Å². The lowest BCUT2D eigenvalue weighted by molar-refractivity contribution is -0.134. The van der Waals surface area contributed by atoms with Crippen molar-refractivity contribution in [1.29, 1.82) is 0 Å². The van der Waals surface area contributed by atoms with Crippen LogP contribution in [0.4, 0.5) is 5.69 Å². The number of nitrogens with one attached hydrogen (secondary N) is 2. The summed E-state index contributed by atoms with van der Waals surface area (Å²) in [7, 11) is 3.35. The fraction of sp³-hybridized carbons (Fsp3) is 0.609. The minimum atomic E-state index is -0.327. The second kappa shape index (κ2) is 11.3. The average Bonchev–Trinajstić information content (AvgIpc) is 2.77. The molecule has 9 heteroatoms. The molecule has 0 bridgehead atoms. The van der Waals surface area contributed by atoms with Crippen molar-refractivity contribution in [3.05, 3.63) is 23.8 Å². The highest BCUT2D eigenvalue weighted by Crippen LogP contribution is 2.32. The topological polar surface area (TPSA) is 106 Å². The molecule has 3 atom stereocenters. The summed E-state index contributed by atoms with van der Waals surface area (Å²) in [6, 6.07) is 4.95. The Bertz CT molecular complexity index is 830. The van der Waals surface area contributed by atoms with Crippen molar-refractivity contribution in [3.8, 4) is 5.75 Å². The Morgan fingerprint density at radius 1 is 1.25 bits per heavy atom. The number of hydrogen-bond acceptors (Lipinski definition) is 6. The summed E-state index contributed by atoms with van der Waals surface area (Å²) in [6.45, 7) is 3.14. The molecule has 176 valence electrons. The van der Waals surface area contributed by atoms with E-state index in [1.165, 1.54) is 0 Å². The molecule has 2 aliphatic rings. The predicted octanol–water partition coefficient (Wildman–Crippen LogP) is 1.96. The summed E-state index contributed by atoms with van der Waals surface area (Å²) < 4.78 is 17.1. The van der Waals surface area contributed by atoms with Crippen LogP contribution in [0.2, 0.25) is 0 Å². The molecule has 0 aromatic heterocycles. The Kier molecular flexibility index (Phi) is 8.46. The van der Waals surface area contributed by atoms with Crippen molar-refractivity contribution in [3.63, 3.8) is 0 Å². The summed E-state index contributed by atoms with van der Waals surface area (Å²) >= 11 is 0. The van der Waals surface area contributed by atoms with Crippen molar-refractivity contribution < 1.29 is 28.6 Å². The summed E-state index contributed by atoms with van der Waals surface area (Å²) in [5.74, 6) is 0.111. The Labute approximate surface area is 188 Å². The van der Waals surface area contributed by atoms with E-state index in [9.17, 15) is 14.4 Å². The molecular weight excluding hydrogens is 414 g/mol. The van der Waals surface area contributed by atoms with Gasteiger partial charge in [0.25, 0.3) is 5.91 Å². The number of benzene rings is 1. The molecule has 0 unspecified atom stereocenters. The molecule has 9 nitrogen and oxygen atoms in total. The lowest BCUT2D eigenvalue weighted by Gasteiger charge is -2.42. The molecular formula is C23H33N3O6. The number of methoxy groups -OCH3 is 1. The van der Waals surface area contributed by atoms with Gasteiger partial charge in [-0.3, -0.25) is 14.4 Å². The third kappa shape index (κ3) is 5.98. The zero-order valence-corrected chi connectivity index (χ0v) is 19.0. The molecule has 0 spiro atoms. The van der Waals surface area contributed by atoms with Crippen LogP contribution >= 0.6 is 0 Å². The molecule has 2 N–H and O–H groups in total. The molecule has 1 fully saturated rings. The second-order valence-corrected chi connectivity index (χ2v) is 8.22. The van der Waals surface area contributed by atoms with E-state index in [0.717, 1.165) is 6.42 Å². The Morgan fingerprint density at radius 2 is 2.06 bits per heavy atom. The van der Waals surface area contributed by atoms with Crippen molar-refractivity contribution in [1.82, 2.24) is 10.2 Å². The highest BCUT2D eigenvalue weighted by molar-refractivity contribution is 5.99. The van der Waals surface area contributed by atoms with E-state index >= 15 is 0 Å². The zero-order chi connectivity index (χ0) is 23.1. The van der Waals surface area contributed by atoms with Crippen LogP contribution < -0.4 is 15.4 Å². The molecule has 1 aromatic carbocycles. The van der Waals surface area contributed by atoms with Crippen LogP contribution in [0.5, 0.6) is 5.75 Å². The van der Waals surface area contributed by atoms with Crippen LogP contribution in [0.15, 0.2) is 18.2 Å². The van der Waals surface area contributed by atoms with Crippen molar-refractivity contribution in [2.45, 2.75) is 57.3 Å². The number of nitrogens with zero attached hydrogens (tertiary/aromatic N) is 1. The van der Waals surface area contributed by atoms with Crippen molar-refractivity contribution >= 4 is 23.4 Å². The SMILES string of the molecule is CCCC(=O)Nc1ccc2c(c1)C(=O)N(C)[C@@H]1CC[C@@H](CC(=O)NCCOC)O[C@@H]1CO2. The molecule has 0 radical (unpaired) electrons. The van der Waals surface area contributed by atoms with Gasteiger partial charge in [0.1, 0.15) is 18.5 Å². The van der Waals surface area contributed by atoms with Gasteiger partial charge in [0.15, 0.2) is 0 Å². The number of ether oxygens (including phenoxy) is 3. The van der Waals surface area contributed by atoms with E-state index in [2.05, 4.69) is 10.6 Å². The summed E-state index contributed by atoms with van der Waals surface area (Å²) in [5, 5.41) is 5.64. The summed E-state index contributed by atoms with van der Waals surface area (Å²) in [4.78, 5) is 39.0. The third-order valence-corrected chi connectivity index (χ3v) is 5.81. The Hall–Kier alpha value is -2.65. The number of anilines is 1. The van der Waals surface area contributed by atoms with Crippen molar-refractivity contribution in [2.75, 3.05) is 39.2 Å². The average molecular weight is 448 g/mol. The molecule has 2 aliphatic heterocycles. The Morgan fingerprint density at radius 3 is 2.81 bits per heavy atom. The molecule has 0 saturated carbocycles. The molecule has 32 heavy (non-hydrogen) atoms. The highest BCUT2D eigenvalue weighted by Gasteiger charge is 2.39. The summed E-state index contributed by atoms with van der Waals surface area (Å²) in [5.41, 5.74) is 0.990. The van der Waals surface area contributed by atoms with Gasteiger partial charge in [-0.25, -0.2) is 0 Å². The third-order valence-electron chi connectivity index (χ3n) is 5.81. The Balaban J connectivity index is 1.67. The maximum atomic E-state index is 13.2. The lowest BCUT2D eigenvalue weighted by atomic mass is 9.94. The van der Waals surface area contributed by atoms with Crippen LogP contribution in [0.25, 0.3) is 0 Å². The predicted molar refractivity (Wildman–Crippen MR) is 119 cm³/mol. The first kappa shape index (κ1) is 24.0. The van der Waals surface area contributed by atoms with E-state index in [1.807, 2.05) is 6.92 Å². The maximum absolute atomic E-state index is 13.2. The van der Waals surface area contributed by atoms with E-state index in [4.69, 9.17) is 14.2 Å². The van der Waals surface area contributed by atoms with Crippen molar-refractivity contribution in [2.24, 2.45) is 0 Å². The maximum Gasteiger partial charge on any atom is 0.257 e. The van der Waals surface area contributed by atoms with Gasteiger partial charge < -0.3 is 29.7 Å². The zero-order valence-electron chi connectivity index (χ0n) is 19.0. The number of fused-ring (bicyclic) bond motifs is 2. The monoisotopic (exact) mass is 447 g/mol. The summed E-state index contributed by atoms with van der Waals surface area (Å²) in [6.07, 6.45) is 2.29. The van der Waals surface area contributed by atoms with Crippen LogP contribution in [-0.2, 0) is 19.1 Å². The largest absolute Gasteiger partial charge is 0.490 e. The van der Waals surface area contributed by atoms with E-state index in [-0.39, 0.29) is 49.0 Å². The number of carbonyl (C=O) groups is 3. The molecule has 2 heterocycles. The highest BCUT2D eigenvalue weighted by atomic mass is 16.5. The second-order valence-electron chi connectivity index (χ2n) is 8.22. The van der Waals surface area contributed by atoms with Gasteiger partial charge in [-0.1, -0.05) is 6.92 Å². The number of likely N-dealkylation sites (N-methyl/N-ethyl adjacent to an activating group) is 1. The fourth-order valence-corrected chi connectivity index (χ4v) is 4.13. The first-order valence-electron chi connectivity index (χ1n) is 11.2. The van der Waals surface area contributed by atoms with Crippen LogP contribution in [0, 0.1) is 0 Å². The number of hydrogen-bond donors (Lipinski definition) is 2. The van der Waals surface area contributed by atoms with Crippen LogP contribution in [0.3, 0.4) is 0 Å². The van der Waals surface area contributed by atoms with Gasteiger partial charge in [0, 0.05) is 32.8 Å². The lowest BCUT2D eigenvalue weighted by Crippen LogP contribution is -2.54. The van der Waals surface area contributed by atoms with E-state index < -0.39 is 0 Å². The van der Waals surface area contributed by atoms with Gasteiger partial charge >= 0.3 is 0 Å². The number of carbonyl (C=O) groups excluding carboxylic acids is 3. The van der Waals surface area contributed by atoms with E-state index in [0.29, 0.717) is 49.4 Å². The van der Waals surface area contributed by atoms with Gasteiger partial charge in [0.05, 0.1) is 30.7 Å². The molecule has 0 aliphatic carbocycles. The van der Waals surface area contributed by atoms with Gasteiger partial charge in [0.2, 0.25) is 11.8 Å². The molecule has 3 rings (SSSR count). The fourth-order valence-electron chi connectivity index (χ4n) is 4.13. The molecule has 1 saturated heterocycles. The first-order chi connectivity index (χ1) is 15.4. The smallest absolute Gasteiger partial charge is 0.257 e. The standard InChI is InChI=1S/C23H33N3O6/c1-4-5-21(27)25-15-6-9-19-17(12-15)23(29)26(2)18-8-7-16(32-20(18)14-31-19)13-22(28)24-10-11-30-3/h6,9,12,16,18,20H,4-5,7-8,10-11,13-14H2,1-3H3,(H,24,28)(H,25,27)/t16-,18+,20+/m0/s1. The molecule has 1 aromatic rings. The van der Waals surface area contributed by atoms with E-state index in [1.54, 1.807) is 37.3 Å². The minimum Gasteiger partial charge on any atom is -0.490 e. The van der Waals surface area contributed by atoms with Crippen LogP contribution in [0.1, 0.15) is 49.4 Å². The van der Waals surface area contributed by atoms with Gasteiger partial charge in [-0.2, -0.15) is 0 Å². The number of rotatable bonds is 8. The first-order valence-corrected chi connectivity index (χ1v) is 11.2. The normalized spacial score (nSPS) is 22.7. The molecule has 3 amide bonds.